The fourth-order valence-corrected chi connectivity index (χ4v) is 4.50. The van der Waals surface area contributed by atoms with E-state index in [9.17, 15) is 5.11 Å². The fourth-order valence-electron chi connectivity index (χ4n) is 4.13. The molecule has 160 valence electrons. The molecule has 3 aromatic rings. The lowest BCUT2D eigenvalue weighted by Crippen LogP contribution is -2.26. The molecule has 0 atom stereocenters. The number of fused-ring (bicyclic) bond motifs is 1. The Balaban J connectivity index is 1.52. The predicted molar refractivity (Wildman–Crippen MR) is 125 cm³/mol. The summed E-state index contributed by atoms with van der Waals surface area (Å²) in [4.78, 5) is 7.27. The monoisotopic (exact) mass is 481 g/mol. The van der Waals surface area contributed by atoms with Crippen LogP contribution < -0.4 is 14.8 Å². The summed E-state index contributed by atoms with van der Waals surface area (Å²) in [6.45, 7) is 4.35. The quantitative estimate of drug-likeness (QED) is 0.509. The van der Waals surface area contributed by atoms with Crippen molar-refractivity contribution >= 4 is 21.7 Å². The van der Waals surface area contributed by atoms with E-state index >= 15 is 0 Å². The van der Waals surface area contributed by atoms with Crippen molar-refractivity contribution in [2.75, 3.05) is 38.3 Å². The number of aromatic hydroxyl groups is 1. The van der Waals surface area contributed by atoms with E-state index in [0.29, 0.717) is 11.3 Å². The Bertz CT molecular complexity index is 1100. The normalized spacial score (nSPS) is 15.4. The molecule has 6 nitrogen and oxygen atoms in total. The van der Waals surface area contributed by atoms with Gasteiger partial charge in [0.05, 0.1) is 5.69 Å². The highest BCUT2D eigenvalue weighted by Crippen LogP contribution is 2.43. The molecule has 0 radical (unpaired) electrons. The van der Waals surface area contributed by atoms with Gasteiger partial charge in [0.1, 0.15) is 11.6 Å². The summed E-state index contributed by atoms with van der Waals surface area (Å²) in [6, 6.07) is 15.2. The second-order valence-corrected chi connectivity index (χ2v) is 8.72. The second-order valence-electron chi connectivity index (χ2n) is 7.80. The molecule has 0 amide bonds. The van der Waals surface area contributed by atoms with Gasteiger partial charge in [-0.2, -0.15) is 0 Å². The molecule has 2 N–H and O–H groups in total. The van der Waals surface area contributed by atoms with Gasteiger partial charge in [-0.05, 0) is 67.9 Å². The summed E-state index contributed by atoms with van der Waals surface area (Å²) in [5.74, 6) is 2.43. The Labute approximate surface area is 190 Å². The molecule has 31 heavy (non-hydrogen) atoms. The van der Waals surface area contributed by atoms with Crippen LogP contribution in [0.5, 0.6) is 17.2 Å². The summed E-state index contributed by atoms with van der Waals surface area (Å²) in [5, 5.41) is 14.0. The van der Waals surface area contributed by atoms with Crippen LogP contribution in [0.4, 0.5) is 5.82 Å². The maximum Gasteiger partial charge on any atom is 0.231 e. The smallest absolute Gasteiger partial charge is 0.231 e. The molecule has 0 saturated carbocycles. The molecule has 1 fully saturated rings. The number of nitrogens with one attached hydrogen (secondary N) is 1. The largest absolute Gasteiger partial charge is 0.507 e. The molecule has 0 spiro atoms. The van der Waals surface area contributed by atoms with Crippen LogP contribution in [0.3, 0.4) is 0 Å². The average Bonchev–Trinajstić information content (AvgIpc) is 3.47. The number of nitrogens with zero attached hydrogens (tertiary/aromatic N) is 2. The Morgan fingerprint density at radius 3 is 2.77 bits per heavy atom. The lowest BCUT2D eigenvalue weighted by Gasteiger charge is -2.16. The zero-order chi connectivity index (χ0) is 21.2. The van der Waals surface area contributed by atoms with Crippen molar-refractivity contribution in [3.05, 3.63) is 53.0 Å². The fraction of sp³-hybridized carbons (Fsp3) is 0.292. The maximum absolute atomic E-state index is 10.5. The van der Waals surface area contributed by atoms with E-state index in [-0.39, 0.29) is 12.5 Å². The first-order valence-corrected chi connectivity index (χ1v) is 11.3. The van der Waals surface area contributed by atoms with E-state index in [2.05, 4.69) is 26.1 Å². The minimum Gasteiger partial charge on any atom is -0.507 e. The summed E-state index contributed by atoms with van der Waals surface area (Å²) in [6.07, 6.45) is 2.56. The molecule has 2 aliphatic rings. The van der Waals surface area contributed by atoms with Gasteiger partial charge in [-0.3, -0.25) is 0 Å². The first-order chi connectivity index (χ1) is 15.2. The highest BCUT2D eigenvalue weighted by Gasteiger charge is 2.20. The molecular formula is C24H24BrN3O3. The molecule has 0 unspecified atom stereocenters. The lowest BCUT2D eigenvalue weighted by atomic mass is 10.0. The molecule has 0 bridgehead atoms. The number of aromatic nitrogens is 1. The van der Waals surface area contributed by atoms with Crippen LogP contribution in [0.15, 0.2) is 53.0 Å². The Kier molecular flexibility index (Phi) is 5.70. The number of hydrogen-bond acceptors (Lipinski definition) is 6. The molecular weight excluding hydrogens is 458 g/mol. The number of rotatable bonds is 6. The Morgan fingerprint density at radius 1 is 1.03 bits per heavy atom. The minimum absolute atomic E-state index is 0.189. The molecule has 0 aliphatic carbocycles. The van der Waals surface area contributed by atoms with Crippen molar-refractivity contribution in [2.45, 2.75) is 12.8 Å². The minimum atomic E-state index is 0.189. The topological polar surface area (TPSA) is 66.8 Å². The van der Waals surface area contributed by atoms with Gasteiger partial charge in [0.15, 0.2) is 11.5 Å². The number of likely N-dealkylation sites (tertiary alicyclic amines) is 1. The van der Waals surface area contributed by atoms with E-state index in [4.69, 9.17) is 14.5 Å². The third-order valence-electron chi connectivity index (χ3n) is 5.70. The Hall–Kier alpha value is -2.77. The lowest BCUT2D eigenvalue weighted by molar-refractivity contribution is 0.174. The number of para-hydroxylation sites is 1. The zero-order valence-electron chi connectivity index (χ0n) is 17.1. The van der Waals surface area contributed by atoms with E-state index in [1.807, 2.05) is 42.5 Å². The van der Waals surface area contributed by atoms with Crippen LogP contribution >= 0.6 is 15.9 Å². The third kappa shape index (κ3) is 4.34. The second kappa shape index (κ2) is 8.77. The van der Waals surface area contributed by atoms with Crippen molar-refractivity contribution in [3.63, 3.8) is 0 Å². The zero-order valence-corrected chi connectivity index (χ0v) is 18.7. The van der Waals surface area contributed by atoms with Crippen LogP contribution in [0.1, 0.15) is 12.8 Å². The van der Waals surface area contributed by atoms with Gasteiger partial charge in [0.25, 0.3) is 0 Å². The highest BCUT2D eigenvalue weighted by atomic mass is 79.9. The molecule has 1 saturated heterocycles. The molecule has 1 aromatic heterocycles. The number of anilines is 1. The molecule has 7 heteroatoms. The van der Waals surface area contributed by atoms with Crippen LogP contribution in [-0.4, -0.2) is 48.0 Å². The third-order valence-corrected chi connectivity index (χ3v) is 6.19. The number of hydrogen-bond donors (Lipinski definition) is 2. The van der Waals surface area contributed by atoms with E-state index in [1.165, 1.54) is 25.9 Å². The van der Waals surface area contributed by atoms with Gasteiger partial charge < -0.3 is 24.8 Å². The number of benzene rings is 2. The number of halogens is 1. The predicted octanol–water partition coefficient (Wildman–Crippen LogP) is 5.12. The van der Waals surface area contributed by atoms with Gasteiger partial charge in [0.2, 0.25) is 6.79 Å². The summed E-state index contributed by atoms with van der Waals surface area (Å²) >= 11 is 3.50. The van der Waals surface area contributed by atoms with Gasteiger partial charge in [0, 0.05) is 28.7 Å². The van der Waals surface area contributed by atoms with E-state index in [0.717, 1.165) is 46.0 Å². The van der Waals surface area contributed by atoms with Crippen molar-refractivity contribution in [2.24, 2.45) is 0 Å². The van der Waals surface area contributed by atoms with Crippen molar-refractivity contribution in [1.82, 2.24) is 9.88 Å². The van der Waals surface area contributed by atoms with Crippen LogP contribution in [0, 0.1) is 0 Å². The van der Waals surface area contributed by atoms with Crippen molar-refractivity contribution < 1.29 is 14.6 Å². The van der Waals surface area contributed by atoms with Gasteiger partial charge in [-0.1, -0.05) is 28.1 Å². The number of pyridine rings is 1. The summed E-state index contributed by atoms with van der Waals surface area (Å²) in [7, 11) is 0. The van der Waals surface area contributed by atoms with E-state index < -0.39 is 0 Å². The SMILES string of the molecule is Oc1ccc(Br)cc1-c1cc(-c2cccc3c2OCO3)cc(NCCN2CCCC2)n1. The van der Waals surface area contributed by atoms with Gasteiger partial charge >= 0.3 is 0 Å². The molecule has 2 aromatic carbocycles. The number of phenolic OH excluding ortho intramolecular Hbond substituents is 1. The van der Waals surface area contributed by atoms with E-state index in [1.54, 1.807) is 6.07 Å². The summed E-state index contributed by atoms with van der Waals surface area (Å²) in [5.41, 5.74) is 3.26. The van der Waals surface area contributed by atoms with Crippen molar-refractivity contribution in [1.29, 1.82) is 0 Å². The number of phenols is 1. The number of ether oxygens (including phenoxy) is 2. The average molecular weight is 482 g/mol. The molecule has 3 heterocycles. The van der Waals surface area contributed by atoms with Crippen molar-refractivity contribution in [3.8, 4) is 39.6 Å². The van der Waals surface area contributed by atoms with Gasteiger partial charge in [-0.15, -0.1) is 0 Å². The van der Waals surface area contributed by atoms with Crippen LogP contribution in [0.25, 0.3) is 22.4 Å². The highest BCUT2D eigenvalue weighted by molar-refractivity contribution is 9.10. The molecule has 2 aliphatic heterocycles. The Morgan fingerprint density at radius 2 is 1.90 bits per heavy atom. The maximum atomic E-state index is 10.5. The van der Waals surface area contributed by atoms with Crippen LogP contribution in [-0.2, 0) is 0 Å². The van der Waals surface area contributed by atoms with Crippen LogP contribution in [0.2, 0.25) is 0 Å². The molecule has 5 rings (SSSR count). The first kappa shape index (κ1) is 20.2. The summed E-state index contributed by atoms with van der Waals surface area (Å²) < 4.78 is 12.2. The standard InChI is InChI=1S/C24H24BrN3O3/c25-17-6-7-21(29)19(14-17)20-12-16(18-4-3-5-22-24(18)31-15-30-22)13-23(27-20)26-8-11-28-9-1-2-10-28/h3-7,12-14,29H,1-2,8-11,15H2,(H,26,27). The van der Waals surface area contributed by atoms with Gasteiger partial charge in [-0.25, -0.2) is 4.98 Å². The first-order valence-electron chi connectivity index (χ1n) is 10.5.